The van der Waals surface area contributed by atoms with Crippen molar-refractivity contribution < 1.29 is 9.50 Å². The molecule has 0 spiro atoms. The monoisotopic (exact) mass is 271 g/mol. The molecule has 2 rings (SSSR count). The Morgan fingerprint density at radius 3 is 2.73 bits per heavy atom. The average molecular weight is 272 g/mol. The van der Waals surface area contributed by atoms with Gasteiger partial charge in [0.15, 0.2) is 4.60 Å². The van der Waals surface area contributed by atoms with Gasteiger partial charge in [-0.25, -0.2) is 9.07 Å². The molecule has 1 heterocycles. The van der Waals surface area contributed by atoms with Crippen LogP contribution in [0.25, 0.3) is 11.3 Å². The summed E-state index contributed by atoms with van der Waals surface area (Å²) in [5, 5.41) is 16.6. The van der Waals surface area contributed by atoms with E-state index in [9.17, 15) is 4.39 Å². The fourth-order valence-corrected chi connectivity index (χ4v) is 1.85. The van der Waals surface area contributed by atoms with Crippen LogP contribution >= 0.6 is 15.9 Å². The highest BCUT2D eigenvalue weighted by molar-refractivity contribution is 9.10. The van der Waals surface area contributed by atoms with Crippen molar-refractivity contribution in [1.29, 1.82) is 0 Å². The number of halogens is 2. The largest absolute Gasteiger partial charge is 0.508 e. The van der Waals surface area contributed by atoms with Crippen LogP contribution in [-0.4, -0.2) is 20.1 Å². The highest BCUT2D eigenvalue weighted by Gasteiger charge is 2.14. The maximum Gasteiger partial charge on any atom is 0.156 e. The van der Waals surface area contributed by atoms with Crippen molar-refractivity contribution in [3.05, 3.63) is 28.6 Å². The number of aryl methyl sites for hydroxylation is 1. The Labute approximate surface area is 93.5 Å². The van der Waals surface area contributed by atoms with E-state index in [1.807, 2.05) is 0 Å². The summed E-state index contributed by atoms with van der Waals surface area (Å²) < 4.78 is 15.4. The number of aromatic hydroxyl groups is 1. The first-order valence-corrected chi connectivity index (χ1v) is 4.93. The molecule has 0 aliphatic rings. The van der Waals surface area contributed by atoms with Crippen LogP contribution in [0.3, 0.4) is 0 Å². The average Bonchev–Trinajstić information content (AvgIpc) is 2.48. The van der Waals surface area contributed by atoms with Gasteiger partial charge in [0, 0.05) is 18.7 Å². The Kier molecular flexibility index (Phi) is 2.44. The molecule has 0 saturated heterocycles. The molecule has 6 heteroatoms. The standard InChI is InChI=1S/C9H7BrFN3O/c1-14-8(9(10)12-13-14)6-3-2-5(15)4-7(6)11/h2-4,15H,1H3. The van der Waals surface area contributed by atoms with Crippen molar-refractivity contribution in [2.24, 2.45) is 7.05 Å². The molecule has 0 saturated carbocycles. The van der Waals surface area contributed by atoms with E-state index in [-0.39, 0.29) is 5.75 Å². The SMILES string of the molecule is Cn1nnc(Br)c1-c1ccc(O)cc1F. The molecule has 78 valence electrons. The van der Waals surface area contributed by atoms with Gasteiger partial charge in [-0.3, -0.25) is 0 Å². The van der Waals surface area contributed by atoms with Crippen molar-refractivity contribution in [2.75, 3.05) is 0 Å². The van der Waals surface area contributed by atoms with Gasteiger partial charge in [-0.1, -0.05) is 5.21 Å². The number of phenols is 1. The van der Waals surface area contributed by atoms with Gasteiger partial charge in [-0.15, -0.1) is 5.10 Å². The van der Waals surface area contributed by atoms with Crippen molar-refractivity contribution in [1.82, 2.24) is 15.0 Å². The lowest BCUT2D eigenvalue weighted by Gasteiger charge is -2.03. The minimum atomic E-state index is -0.513. The molecule has 0 fully saturated rings. The zero-order valence-electron chi connectivity index (χ0n) is 7.78. The second kappa shape index (κ2) is 3.62. The first-order chi connectivity index (χ1) is 7.09. The van der Waals surface area contributed by atoms with E-state index in [1.165, 1.54) is 16.8 Å². The number of phenolic OH excluding ortho intramolecular Hbond substituents is 1. The van der Waals surface area contributed by atoms with E-state index in [1.54, 1.807) is 7.05 Å². The summed E-state index contributed by atoms with van der Waals surface area (Å²) in [5.41, 5.74) is 0.875. The molecule has 0 aliphatic carbocycles. The molecule has 0 bridgehead atoms. The van der Waals surface area contributed by atoms with Crippen LogP contribution in [0.2, 0.25) is 0 Å². The minimum Gasteiger partial charge on any atom is -0.508 e. The zero-order valence-corrected chi connectivity index (χ0v) is 9.36. The maximum absolute atomic E-state index is 13.5. The van der Waals surface area contributed by atoms with Crippen molar-refractivity contribution in [3.63, 3.8) is 0 Å². The first-order valence-electron chi connectivity index (χ1n) is 4.13. The van der Waals surface area contributed by atoms with Gasteiger partial charge in [-0.05, 0) is 28.1 Å². The van der Waals surface area contributed by atoms with E-state index in [0.717, 1.165) is 6.07 Å². The lowest BCUT2D eigenvalue weighted by molar-refractivity contribution is 0.469. The normalized spacial score (nSPS) is 10.6. The van der Waals surface area contributed by atoms with Crippen LogP contribution in [-0.2, 0) is 7.05 Å². The Morgan fingerprint density at radius 1 is 1.47 bits per heavy atom. The number of hydrogen-bond donors (Lipinski definition) is 1. The lowest BCUT2D eigenvalue weighted by atomic mass is 10.1. The van der Waals surface area contributed by atoms with Gasteiger partial charge in [-0.2, -0.15) is 0 Å². The van der Waals surface area contributed by atoms with E-state index in [2.05, 4.69) is 26.2 Å². The quantitative estimate of drug-likeness (QED) is 0.864. The van der Waals surface area contributed by atoms with E-state index in [4.69, 9.17) is 5.11 Å². The van der Waals surface area contributed by atoms with E-state index < -0.39 is 5.82 Å². The van der Waals surface area contributed by atoms with E-state index >= 15 is 0 Å². The number of rotatable bonds is 1. The first kappa shape index (κ1) is 10.1. The Hall–Kier alpha value is -1.43. The zero-order chi connectivity index (χ0) is 11.0. The smallest absolute Gasteiger partial charge is 0.156 e. The molecule has 1 aromatic heterocycles. The van der Waals surface area contributed by atoms with Crippen LogP contribution in [0.4, 0.5) is 4.39 Å². The summed E-state index contributed by atoms with van der Waals surface area (Å²) >= 11 is 3.18. The Bertz CT molecular complexity index is 493. The van der Waals surface area contributed by atoms with E-state index in [0.29, 0.717) is 15.9 Å². The van der Waals surface area contributed by atoms with Gasteiger partial charge in [0.1, 0.15) is 17.3 Å². The third-order valence-corrected chi connectivity index (χ3v) is 2.53. The Balaban J connectivity index is 2.64. The van der Waals surface area contributed by atoms with Gasteiger partial charge in [0.2, 0.25) is 0 Å². The van der Waals surface area contributed by atoms with Crippen molar-refractivity contribution >= 4 is 15.9 Å². The molecule has 2 aromatic rings. The van der Waals surface area contributed by atoms with Gasteiger partial charge in [0.25, 0.3) is 0 Å². The van der Waals surface area contributed by atoms with Crippen LogP contribution in [0, 0.1) is 5.82 Å². The van der Waals surface area contributed by atoms with Crippen molar-refractivity contribution in [2.45, 2.75) is 0 Å². The molecule has 0 amide bonds. The minimum absolute atomic E-state index is 0.109. The highest BCUT2D eigenvalue weighted by atomic mass is 79.9. The van der Waals surface area contributed by atoms with Gasteiger partial charge in [0.05, 0.1) is 0 Å². The van der Waals surface area contributed by atoms with Crippen LogP contribution in [0.1, 0.15) is 0 Å². The maximum atomic E-state index is 13.5. The summed E-state index contributed by atoms with van der Waals surface area (Å²) in [6.45, 7) is 0. The molecule has 15 heavy (non-hydrogen) atoms. The molecule has 0 unspecified atom stereocenters. The molecular formula is C9H7BrFN3O. The Morgan fingerprint density at radius 2 is 2.20 bits per heavy atom. The predicted octanol–water partition coefficient (Wildman–Crippen LogP) is 2.09. The third kappa shape index (κ3) is 1.72. The van der Waals surface area contributed by atoms with Crippen LogP contribution in [0.5, 0.6) is 5.75 Å². The van der Waals surface area contributed by atoms with Crippen LogP contribution < -0.4 is 0 Å². The number of nitrogens with zero attached hydrogens (tertiary/aromatic N) is 3. The molecule has 1 aromatic carbocycles. The summed E-state index contributed by atoms with van der Waals surface area (Å²) in [6.07, 6.45) is 0. The van der Waals surface area contributed by atoms with Gasteiger partial charge >= 0.3 is 0 Å². The second-order valence-corrected chi connectivity index (χ2v) is 3.77. The number of benzene rings is 1. The molecule has 1 N–H and O–H groups in total. The molecule has 0 aliphatic heterocycles. The van der Waals surface area contributed by atoms with Crippen molar-refractivity contribution in [3.8, 4) is 17.0 Å². The summed E-state index contributed by atoms with van der Waals surface area (Å²) in [6, 6.07) is 3.95. The summed E-state index contributed by atoms with van der Waals surface area (Å²) in [4.78, 5) is 0. The summed E-state index contributed by atoms with van der Waals surface area (Å²) in [5.74, 6) is -0.622. The van der Waals surface area contributed by atoms with Crippen LogP contribution in [0.15, 0.2) is 22.8 Å². The molecule has 4 nitrogen and oxygen atoms in total. The predicted molar refractivity (Wildman–Crippen MR) is 55.8 cm³/mol. The fraction of sp³-hybridized carbons (Fsp3) is 0.111. The fourth-order valence-electron chi connectivity index (χ4n) is 1.31. The highest BCUT2D eigenvalue weighted by Crippen LogP contribution is 2.29. The number of hydrogen-bond acceptors (Lipinski definition) is 3. The van der Waals surface area contributed by atoms with Gasteiger partial charge < -0.3 is 5.11 Å². The molecular weight excluding hydrogens is 265 g/mol. The number of aromatic nitrogens is 3. The third-order valence-electron chi connectivity index (χ3n) is 1.99. The second-order valence-electron chi connectivity index (χ2n) is 3.02. The molecule has 0 atom stereocenters. The molecule has 0 radical (unpaired) electrons. The lowest BCUT2D eigenvalue weighted by Crippen LogP contribution is -1.95. The summed E-state index contributed by atoms with van der Waals surface area (Å²) in [7, 11) is 1.67. The topological polar surface area (TPSA) is 50.9 Å².